The van der Waals surface area contributed by atoms with Gasteiger partial charge in [0, 0.05) is 21.0 Å². The third kappa shape index (κ3) is 4.31. The third-order valence-electron chi connectivity index (χ3n) is 6.98. The Morgan fingerprint density at radius 3 is 2.53 bits per heavy atom. The maximum Gasteiger partial charge on any atom is 0.308 e. The minimum atomic E-state index is -0.485. The largest absolute Gasteiger partial charge is 0.462 e. The number of benzene rings is 1. The number of carbonyl (C=O) groups excluding carboxylic acids is 1. The van der Waals surface area contributed by atoms with Crippen molar-refractivity contribution in [3.8, 4) is 5.00 Å². The summed E-state index contributed by atoms with van der Waals surface area (Å²) in [6.45, 7) is 8.44. The van der Waals surface area contributed by atoms with Crippen LogP contribution in [0.25, 0.3) is 5.00 Å². The summed E-state index contributed by atoms with van der Waals surface area (Å²) in [6.07, 6.45) is 4.21. The highest BCUT2D eigenvalue weighted by molar-refractivity contribution is 7.15. The molecule has 2 aliphatic rings. The van der Waals surface area contributed by atoms with Crippen molar-refractivity contribution in [2.75, 3.05) is 0 Å². The lowest BCUT2D eigenvalue weighted by Gasteiger charge is -2.26. The Hall–Kier alpha value is -2.51. The highest BCUT2D eigenvalue weighted by Gasteiger charge is 2.33. The Morgan fingerprint density at radius 2 is 1.82 bits per heavy atom. The Kier molecular flexibility index (Phi) is 6.34. The second-order valence-electron chi connectivity index (χ2n) is 9.48. The first-order valence-electron chi connectivity index (χ1n) is 11.9. The van der Waals surface area contributed by atoms with Gasteiger partial charge in [-0.15, -0.1) is 21.5 Å². The van der Waals surface area contributed by atoms with Gasteiger partial charge in [0.25, 0.3) is 0 Å². The van der Waals surface area contributed by atoms with Crippen LogP contribution in [0.2, 0.25) is 5.02 Å². The SMILES string of the molecule is Cc1sc2c(c1C)C(c1ccc(Cl)cc1)=NC(CC(=O)OC1CCC(C)CC1)c1nnc(C)n1-2. The smallest absolute Gasteiger partial charge is 0.308 e. The lowest BCUT2D eigenvalue weighted by atomic mass is 9.89. The van der Waals surface area contributed by atoms with E-state index in [1.54, 1.807) is 11.3 Å². The summed E-state index contributed by atoms with van der Waals surface area (Å²) in [6, 6.07) is 7.22. The lowest BCUT2D eigenvalue weighted by Crippen LogP contribution is -2.24. The van der Waals surface area contributed by atoms with Crippen LogP contribution in [0.5, 0.6) is 0 Å². The summed E-state index contributed by atoms with van der Waals surface area (Å²) in [5, 5.41) is 10.5. The zero-order chi connectivity index (χ0) is 24.0. The minimum Gasteiger partial charge on any atom is -0.462 e. The van der Waals surface area contributed by atoms with Gasteiger partial charge in [0.1, 0.15) is 23.0 Å². The van der Waals surface area contributed by atoms with Crippen LogP contribution in [0.15, 0.2) is 29.3 Å². The normalized spacial score (nSPS) is 21.9. The van der Waals surface area contributed by atoms with Crippen molar-refractivity contribution in [1.29, 1.82) is 0 Å². The fraction of sp³-hybridized carbons (Fsp3) is 0.462. The van der Waals surface area contributed by atoms with Crippen molar-refractivity contribution in [3.05, 3.63) is 62.5 Å². The summed E-state index contributed by atoms with van der Waals surface area (Å²) in [5.41, 5.74) is 4.05. The van der Waals surface area contributed by atoms with Crippen LogP contribution in [-0.2, 0) is 9.53 Å². The van der Waals surface area contributed by atoms with E-state index in [-0.39, 0.29) is 18.5 Å². The number of nitrogens with zero attached hydrogens (tertiary/aromatic N) is 4. The number of thiophene rings is 1. The van der Waals surface area contributed by atoms with E-state index in [4.69, 9.17) is 21.3 Å². The molecule has 0 spiro atoms. The average Bonchev–Trinajstić information content (AvgIpc) is 3.28. The van der Waals surface area contributed by atoms with Crippen molar-refractivity contribution in [2.24, 2.45) is 10.9 Å². The number of hydrogen-bond donors (Lipinski definition) is 0. The van der Waals surface area contributed by atoms with Crippen molar-refractivity contribution in [1.82, 2.24) is 14.8 Å². The number of aliphatic imine (C=N–C) groups is 1. The molecule has 3 heterocycles. The van der Waals surface area contributed by atoms with Gasteiger partial charge in [-0.3, -0.25) is 14.4 Å². The standard InChI is InChI=1S/C26H29ClN4O2S/c1-14-5-11-20(12-6-14)33-22(32)13-21-25-30-29-17(4)31(25)26-23(15(2)16(3)34-26)24(28-21)18-7-9-19(27)10-8-18/h7-10,14,20-21H,5-6,11-13H2,1-4H3. The molecule has 0 N–H and O–H groups in total. The van der Waals surface area contributed by atoms with Crippen molar-refractivity contribution < 1.29 is 9.53 Å². The first-order valence-corrected chi connectivity index (χ1v) is 13.1. The van der Waals surface area contributed by atoms with E-state index in [0.717, 1.165) is 53.3 Å². The highest BCUT2D eigenvalue weighted by atomic mass is 35.5. The lowest BCUT2D eigenvalue weighted by molar-refractivity contribution is -0.151. The van der Waals surface area contributed by atoms with Crippen LogP contribution in [0.3, 0.4) is 0 Å². The van der Waals surface area contributed by atoms with Crippen molar-refractivity contribution >= 4 is 34.6 Å². The minimum absolute atomic E-state index is 0.000290. The molecule has 6 nitrogen and oxygen atoms in total. The van der Waals surface area contributed by atoms with Gasteiger partial charge in [-0.2, -0.15) is 0 Å². The first-order chi connectivity index (χ1) is 16.3. The van der Waals surface area contributed by atoms with E-state index in [1.807, 2.05) is 31.2 Å². The van der Waals surface area contributed by atoms with Gasteiger partial charge < -0.3 is 4.74 Å². The molecule has 1 aliphatic carbocycles. The van der Waals surface area contributed by atoms with Crippen LogP contribution in [0, 0.1) is 26.7 Å². The number of rotatable bonds is 4. The van der Waals surface area contributed by atoms with Crippen LogP contribution < -0.4 is 0 Å². The number of esters is 1. The van der Waals surface area contributed by atoms with E-state index < -0.39 is 6.04 Å². The summed E-state index contributed by atoms with van der Waals surface area (Å²) in [5.74, 6) is 1.94. The molecule has 1 atom stereocenters. The number of ether oxygens (including phenoxy) is 1. The molecule has 8 heteroatoms. The van der Waals surface area contributed by atoms with Gasteiger partial charge >= 0.3 is 5.97 Å². The van der Waals surface area contributed by atoms with E-state index >= 15 is 0 Å². The zero-order valence-electron chi connectivity index (χ0n) is 20.0. The van der Waals surface area contributed by atoms with E-state index in [9.17, 15) is 4.79 Å². The molecule has 5 rings (SSSR count). The van der Waals surface area contributed by atoms with Crippen LogP contribution in [-0.4, -0.2) is 32.5 Å². The summed E-state index contributed by atoms with van der Waals surface area (Å²) >= 11 is 7.88. The Bertz CT molecular complexity index is 1250. The molecule has 1 aromatic carbocycles. The zero-order valence-corrected chi connectivity index (χ0v) is 21.5. The van der Waals surface area contributed by atoms with Crippen molar-refractivity contribution in [2.45, 2.75) is 71.9 Å². The predicted molar refractivity (Wildman–Crippen MR) is 135 cm³/mol. The molecule has 1 fully saturated rings. The predicted octanol–water partition coefficient (Wildman–Crippen LogP) is 6.31. The van der Waals surface area contributed by atoms with Gasteiger partial charge in [0.2, 0.25) is 0 Å². The van der Waals surface area contributed by atoms with Gasteiger partial charge in [-0.1, -0.05) is 30.7 Å². The number of aromatic nitrogens is 3. The van der Waals surface area contributed by atoms with Gasteiger partial charge in [-0.25, -0.2) is 0 Å². The average molecular weight is 497 g/mol. The summed E-state index contributed by atoms with van der Waals surface area (Å²) in [7, 11) is 0. The molecule has 1 aliphatic heterocycles. The summed E-state index contributed by atoms with van der Waals surface area (Å²) in [4.78, 5) is 19.4. The molecule has 0 amide bonds. The molecule has 1 saturated carbocycles. The molecule has 1 unspecified atom stereocenters. The molecule has 2 aromatic heterocycles. The molecular weight excluding hydrogens is 468 g/mol. The maximum absolute atomic E-state index is 13.0. The van der Waals surface area contributed by atoms with Gasteiger partial charge in [-0.05, 0) is 70.1 Å². The maximum atomic E-state index is 13.0. The molecular formula is C26H29ClN4O2S. The second-order valence-corrected chi connectivity index (χ2v) is 11.1. The van der Waals surface area contributed by atoms with Crippen LogP contribution in [0.1, 0.15) is 78.3 Å². The Balaban J connectivity index is 1.55. The molecule has 0 bridgehead atoms. The van der Waals surface area contributed by atoms with Gasteiger partial charge in [0.05, 0.1) is 12.1 Å². The Labute approximate surface area is 209 Å². The topological polar surface area (TPSA) is 69.4 Å². The van der Waals surface area contributed by atoms with Crippen LogP contribution >= 0.6 is 22.9 Å². The van der Waals surface area contributed by atoms with E-state index in [0.29, 0.717) is 16.8 Å². The summed E-state index contributed by atoms with van der Waals surface area (Å²) < 4.78 is 7.94. The van der Waals surface area contributed by atoms with E-state index in [2.05, 4.69) is 35.5 Å². The Morgan fingerprint density at radius 1 is 1.12 bits per heavy atom. The fourth-order valence-corrected chi connectivity index (χ4v) is 6.21. The molecule has 0 saturated heterocycles. The molecule has 178 valence electrons. The number of hydrogen-bond acceptors (Lipinski definition) is 6. The molecule has 34 heavy (non-hydrogen) atoms. The third-order valence-corrected chi connectivity index (χ3v) is 8.42. The van der Waals surface area contributed by atoms with Gasteiger partial charge in [0.15, 0.2) is 5.82 Å². The number of halogens is 1. The second kappa shape index (κ2) is 9.27. The monoisotopic (exact) mass is 496 g/mol. The number of fused-ring (bicyclic) bond motifs is 3. The fourth-order valence-electron chi connectivity index (χ4n) is 4.87. The quantitative estimate of drug-likeness (QED) is 0.397. The van der Waals surface area contributed by atoms with Crippen LogP contribution in [0.4, 0.5) is 0 Å². The molecule has 3 aromatic rings. The molecule has 0 radical (unpaired) electrons. The number of carbonyl (C=O) groups is 1. The number of aryl methyl sites for hydroxylation is 2. The first kappa shape index (κ1) is 23.2. The van der Waals surface area contributed by atoms with Crippen molar-refractivity contribution in [3.63, 3.8) is 0 Å². The van der Waals surface area contributed by atoms with E-state index in [1.165, 1.54) is 10.4 Å². The highest BCUT2D eigenvalue weighted by Crippen LogP contribution is 2.40.